The van der Waals surface area contributed by atoms with E-state index in [1.165, 1.54) is 4.79 Å². The second-order valence-electron chi connectivity index (χ2n) is 11.5. The van der Waals surface area contributed by atoms with Gasteiger partial charge in [-0.25, -0.2) is 0 Å². The van der Waals surface area contributed by atoms with Crippen molar-refractivity contribution in [3.63, 3.8) is 0 Å². The summed E-state index contributed by atoms with van der Waals surface area (Å²) in [7, 11) is -8.05. The number of rotatable bonds is 1. The van der Waals surface area contributed by atoms with Gasteiger partial charge in [0.15, 0.2) is 0 Å². The van der Waals surface area contributed by atoms with Crippen LogP contribution >= 0.6 is 0 Å². The Kier molecular flexibility index (Phi) is 4.01. The monoisotopic (exact) mass is 404 g/mol. The van der Waals surface area contributed by atoms with Crippen molar-refractivity contribution in [1.82, 2.24) is 0 Å². The normalized spacial score (nSPS) is 42.1. The smallest absolute Gasteiger partial charge is 0.0441 e. The SMILES string of the molecule is C[Si]1(C)C2[Si](C)(C)[Si](C)(C)C(CO)([Si]1(C)C)[Si](C)(C)[Si]2(C)C. The predicted molar refractivity (Wildman–Crippen MR) is 118 cm³/mol. The Labute approximate surface area is 144 Å². The molecule has 1 N–H and O–H groups in total. The van der Waals surface area contributed by atoms with E-state index < -0.39 is 45.5 Å². The second kappa shape index (κ2) is 4.51. The van der Waals surface area contributed by atoms with E-state index in [9.17, 15) is 5.11 Å². The number of hydrogen-bond donors (Lipinski definition) is 1. The lowest BCUT2D eigenvalue weighted by atomic mass is 10.8. The van der Waals surface area contributed by atoms with Gasteiger partial charge in [0, 0.05) is 52.2 Å². The molecule has 0 spiro atoms. The topological polar surface area (TPSA) is 20.2 Å². The van der Waals surface area contributed by atoms with E-state index in [1.54, 1.807) is 0 Å². The molecule has 3 heterocycles. The van der Waals surface area contributed by atoms with Crippen LogP contribution in [0.1, 0.15) is 0 Å². The molecule has 0 radical (unpaired) electrons. The Balaban J connectivity index is 3.04. The average Bonchev–Trinajstić information content (AvgIpc) is 2.24. The zero-order chi connectivity index (χ0) is 17.8. The van der Waals surface area contributed by atoms with E-state index in [2.05, 4.69) is 78.6 Å². The first-order valence-electron chi connectivity index (χ1n) is 9.04. The van der Waals surface area contributed by atoms with Crippen molar-refractivity contribution in [3.8, 4) is 0 Å². The lowest BCUT2D eigenvalue weighted by Crippen LogP contribution is -3.00. The maximum atomic E-state index is 11.0. The Bertz CT molecular complexity index is 437. The van der Waals surface area contributed by atoms with Gasteiger partial charge in [-0.1, -0.05) is 83.4 Å². The first-order valence-corrected chi connectivity index (χ1v) is 30.3. The molecule has 3 aliphatic rings. The number of fused-ring (bicyclic) bond motifs is 3. The molecule has 0 unspecified atom stereocenters. The van der Waals surface area contributed by atoms with Crippen LogP contribution in [0.3, 0.4) is 0 Å². The lowest BCUT2D eigenvalue weighted by Gasteiger charge is -2.84. The maximum Gasteiger partial charge on any atom is 0.0441 e. The zero-order valence-corrected chi connectivity index (χ0v) is 23.2. The number of aliphatic hydroxyl groups is 1. The summed E-state index contributed by atoms with van der Waals surface area (Å²) in [4.78, 5) is 1.20. The summed E-state index contributed by atoms with van der Waals surface area (Å²) in [6, 6.07) is 0. The van der Waals surface area contributed by atoms with Crippen molar-refractivity contribution >= 4 is 45.5 Å². The molecule has 0 saturated carbocycles. The minimum absolute atomic E-state index is 0.475. The molecular weight excluding hydrogens is 365 g/mol. The summed E-state index contributed by atoms with van der Waals surface area (Å²) in [5, 5.41) is 11.0. The molecule has 3 aliphatic heterocycles. The molecule has 0 atom stereocenters. The molecule has 1 nitrogen and oxygen atoms in total. The van der Waals surface area contributed by atoms with Crippen molar-refractivity contribution in [2.24, 2.45) is 0 Å². The fraction of sp³-hybridized carbons (Fsp3) is 1.00. The highest BCUT2D eigenvalue weighted by Gasteiger charge is 2.86. The van der Waals surface area contributed by atoms with Crippen LogP contribution in [0.5, 0.6) is 0 Å². The van der Waals surface area contributed by atoms with E-state index >= 15 is 0 Å². The van der Waals surface area contributed by atoms with Crippen LogP contribution in [0.2, 0.25) is 87.6 Å². The van der Waals surface area contributed by atoms with Crippen LogP contribution in [0.4, 0.5) is 0 Å². The fourth-order valence-corrected chi connectivity index (χ4v) is 153. The van der Waals surface area contributed by atoms with Gasteiger partial charge < -0.3 is 5.11 Å². The third kappa shape index (κ3) is 1.50. The summed E-state index contributed by atoms with van der Waals surface area (Å²) in [5.41, 5.74) is 0. The van der Waals surface area contributed by atoms with Crippen LogP contribution in [0.15, 0.2) is 0 Å². The largest absolute Gasteiger partial charge is 0.397 e. The molecule has 0 amide bonds. The van der Waals surface area contributed by atoms with Gasteiger partial charge in [0.1, 0.15) is 0 Å². The summed E-state index contributed by atoms with van der Waals surface area (Å²) in [5.74, 6) is 0. The highest BCUT2D eigenvalue weighted by atomic mass is 29.4. The van der Waals surface area contributed by atoms with E-state index in [0.29, 0.717) is 10.9 Å². The molecular formula is C15H40OSi6. The minimum Gasteiger partial charge on any atom is -0.397 e. The highest BCUT2D eigenvalue weighted by molar-refractivity contribution is 7.76. The molecule has 0 aliphatic carbocycles. The first kappa shape index (κ1) is 19.6. The summed E-state index contributed by atoms with van der Waals surface area (Å²) in [6.45, 7) is 33.6. The van der Waals surface area contributed by atoms with E-state index in [0.717, 1.165) is 0 Å². The summed E-state index contributed by atoms with van der Waals surface area (Å²) < 4.78 is 0.475. The Hall–Kier alpha value is 1.26. The van der Waals surface area contributed by atoms with Crippen LogP contribution in [-0.4, -0.2) is 57.3 Å². The van der Waals surface area contributed by atoms with E-state index in [-0.39, 0.29) is 0 Å². The van der Waals surface area contributed by atoms with Crippen LogP contribution < -0.4 is 0 Å². The lowest BCUT2D eigenvalue weighted by molar-refractivity contribution is 0.292. The van der Waals surface area contributed by atoms with Crippen LogP contribution in [0.25, 0.3) is 0 Å². The predicted octanol–water partition coefficient (Wildman–Crippen LogP) is 4.76. The molecule has 130 valence electrons. The van der Waals surface area contributed by atoms with Crippen molar-refractivity contribution in [2.75, 3.05) is 6.61 Å². The molecule has 7 heteroatoms. The molecule has 0 aromatic heterocycles. The van der Waals surface area contributed by atoms with Crippen molar-refractivity contribution in [1.29, 1.82) is 0 Å². The van der Waals surface area contributed by atoms with E-state index in [1.807, 2.05) is 0 Å². The van der Waals surface area contributed by atoms with Crippen molar-refractivity contribution in [3.05, 3.63) is 0 Å². The average molecular weight is 405 g/mol. The molecule has 0 aromatic carbocycles. The maximum absolute atomic E-state index is 11.0. The molecule has 22 heavy (non-hydrogen) atoms. The van der Waals surface area contributed by atoms with Gasteiger partial charge in [-0.2, -0.15) is 0 Å². The molecule has 2 bridgehead atoms. The molecule has 3 rings (SSSR count). The van der Waals surface area contributed by atoms with Gasteiger partial charge in [0.05, 0.1) is 0 Å². The number of hydrogen-bond acceptors (Lipinski definition) is 1. The Morgan fingerprint density at radius 2 is 0.818 bits per heavy atom. The van der Waals surface area contributed by atoms with Gasteiger partial charge in [0.25, 0.3) is 0 Å². The van der Waals surface area contributed by atoms with Crippen molar-refractivity contribution in [2.45, 2.75) is 87.6 Å². The number of aliphatic hydroxyl groups excluding tert-OH is 1. The van der Waals surface area contributed by atoms with Gasteiger partial charge >= 0.3 is 0 Å². The van der Waals surface area contributed by atoms with Crippen molar-refractivity contribution < 1.29 is 5.11 Å². The second-order valence-corrected chi connectivity index (χ2v) is 62.0. The minimum atomic E-state index is -1.41. The molecule has 3 saturated heterocycles. The molecule has 3 fully saturated rings. The molecule has 0 aromatic rings. The highest BCUT2D eigenvalue weighted by Crippen LogP contribution is 2.74. The van der Waals surface area contributed by atoms with Crippen LogP contribution in [0, 0.1) is 0 Å². The van der Waals surface area contributed by atoms with Gasteiger partial charge in [-0.05, 0) is 4.28 Å². The summed E-state index contributed by atoms with van der Waals surface area (Å²) in [6.07, 6.45) is 0. The zero-order valence-electron chi connectivity index (χ0n) is 17.2. The fourth-order valence-electron chi connectivity index (χ4n) is 8.38. The van der Waals surface area contributed by atoms with Gasteiger partial charge in [0.2, 0.25) is 0 Å². The first-order chi connectivity index (χ1) is 9.43. The van der Waals surface area contributed by atoms with Gasteiger partial charge in [-0.15, -0.1) is 0 Å². The van der Waals surface area contributed by atoms with E-state index in [4.69, 9.17) is 0 Å². The summed E-state index contributed by atoms with van der Waals surface area (Å²) >= 11 is 0. The van der Waals surface area contributed by atoms with Crippen LogP contribution in [-0.2, 0) is 0 Å². The Morgan fingerprint density at radius 1 is 0.591 bits per heavy atom. The quantitative estimate of drug-likeness (QED) is 0.625. The third-order valence-electron chi connectivity index (χ3n) is 10.4. The third-order valence-corrected chi connectivity index (χ3v) is 101. The Morgan fingerprint density at radius 3 is 1.00 bits per heavy atom. The van der Waals surface area contributed by atoms with Gasteiger partial charge in [-0.3, -0.25) is 0 Å². The standard InChI is InChI=1S/C15H40OSi6/c1-17(2)14-18(3,4)21(9,10)15(13-16,20(17,7)8)22(11,12)19(14,5)6/h14,16H,13H2,1-12H3.